The fraction of sp³-hybridized carbons (Fsp3) is 0.0667. The van der Waals surface area contributed by atoms with Crippen LogP contribution >= 0.6 is 44.0 Å². The lowest BCUT2D eigenvalue weighted by Gasteiger charge is -1.93. The number of aromatic nitrogens is 1. The Morgan fingerprint density at radius 2 is 2.00 bits per heavy atom. The van der Waals surface area contributed by atoms with Crippen LogP contribution in [0.2, 0.25) is 0 Å². The average Bonchev–Trinajstić information content (AvgIpc) is 3.14. The molecule has 3 aromatic rings. The van der Waals surface area contributed by atoms with Crippen molar-refractivity contribution in [2.45, 2.75) is 0 Å². The quantitative estimate of drug-likeness (QED) is 0.293. The van der Waals surface area contributed by atoms with E-state index in [1.807, 2.05) is 30.5 Å². The number of nitrogens with zero attached hydrogens (tertiary/aromatic N) is 1. The molecule has 1 aromatic carbocycles. The third-order valence-corrected chi connectivity index (χ3v) is 7.40. The van der Waals surface area contributed by atoms with E-state index in [2.05, 4.69) is 22.9 Å². The zero-order chi connectivity index (χ0) is 14.8. The molecule has 0 amide bonds. The summed E-state index contributed by atoms with van der Waals surface area (Å²) in [4.78, 5) is 5.61. The molecule has 0 spiro atoms. The van der Waals surface area contributed by atoms with Gasteiger partial charge in [-0.3, -0.25) is 5.41 Å². The van der Waals surface area contributed by atoms with Crippen LogP contribution in [0.1, 0.15) is 4.88 Å². The van der Waals surface area contributed by atoms with E-state index < -0.39 is 0 Å². The lowest BCUT2D eigenvalue weighted by atomic mass is 10.2. The van der Waals surface area contributed by atoms with E-state index in [0.29, 0.717) is 0 Å². The number of hydrogen-bond acceptors (Lipinski definition) is 4. The number of rotatable bonds is 4. The van der Waals surface area contributed by atoms with Gasteiger partial charge in [0.25, 0.3) is 0 Å². The van der Waals surface area contributed by atoms with Crippen molar-refractivity contribution < 1.29 is 0 Å². The Labute approximate surface area is 145 Å². The Bertz CT molecular complexity index is 780. The summed E-state index contributed by atoms with van der Waals surface area (Å²) >= 11 is 1.63. The predicted molar refractivity (Wildman–Crippen MR) is 103 cm³/mol. The summed E-state index contributed by atoms with van der Waals surface area (Å²) < 4.78 is 0. The zero-order valence-corrected chi connectivity index (χ0v) is 15.0. The largest absolute Gasteiger partial charge is 0.380 e. The van der Waals surface area contributed by atoms with Crippen molar-refractivity contribution in [1.29, 1.82) is 5.41 Å². The molecule has 0 saturated heterocycles. The van der Waals surface area contributed by atoms with Gasteiger partial charge >= 0.3 is 0 Å². The van der Waals surface area contributed by atoms with Gasteiger partial charge < -0.3 is 5.73 Å². The Hall–Kier alpha value is -1.34. The van der Waals surface area contributed by atoms with E-state index in [0.717, 1.165) is 26.7 Å². The normalized spacial score (nSPS) is 11.0. The molecule has 2 heterocycles. The number of benzene rings is 1. The predicted octanol–water partition coefficient (Wildman–Crippen LogP) is 5.06. The van der Waals surface area contributed by atoms with Gasteiger partial charge in [-0.2, -0.15) is 0 Å². The first kappa shape index (κ1) is 17.0. The van der Waals surface area contributed by atoms with Crippen LogP contribution in [0.5, 0.6) is 0 Å². The van der Waals surface area contributed by atoms with Gasteiger partial charge in [0.15, 0.2) is 11.2 Å². The topological polar surface area (TPSA) is 62.8 Å². The lowest BCUT2D eigenvalue weighted by Crippen LogP contribution is -2.09. The molecule has 3 N–H and O–H groups in total. The van der Waals surface area contributed by atoms with Crippen LogP contribution in [-0.4, -0.2) is 17.1 Å². The van der Waals surface area contributed by atoms with Crippen molar-refractivity contribution in [3.8, 4) is 21.8 Å². The van der Waals surface area contributed by atoms with Gasteiger partial charge in [0.2, 0.25) is 4.88 Å². The summed E-state index contributed by atoms with van der Waals surface area (Å²) in [6.07, 6.45) is 2.04. The molecular weight excluding hydrogens is 354 g/mol. The number of nitrogen functional groups attached to an aromatic ring is 1. The third-order valence-electron chi connectivity index (χ3n) is 3.00. The highest BCUT2D eigenvalue weighted by Crippen LogP contribution is 2.41. The van der Waals surface area contributed by atoms with Gasteiger partial charge in [-0.15, -0.1) is 23.7 Å². The lowest BCUT2D eigenvalue weighted by molar-refractivity contribution is 1.41. The summed E-state index contributed by atoms with van der Waals surface area (Å²) in [7, 11) is 1.57. The Morgan fingerprint density at radius 1 is 1.27 bits per heavy atom. The van der Waals surface area contributed by atoms with Crippen molar-refractivity contribution in [1.82, 2.24) is 4.98 Å². The molecule has 3 rings (SSSR count). The minimum atomic E-state index is -0.135. The molecular formula is C15H15ClN3S3+. The second-order valence-electron chi connectivity index (χ2n) is 4.36. The van der Waals surface area contributed by atoms with Crippen molar-refractivity contribution >= 4 is 49.9 Å². The number of nitrogens with two attached hydrogens (primary N) is 1. The van der Waals surface area contributed by atoms with Gasteiger partial charge in [0.1, 0.15) is 15.8 Å². The monoisotopic (exact) mass is 368 g/mol. The first-order valence-corrected chi connectivity index (χ1v) is 10.2. The molecule has 0 saturated carbocycles. The summed E-state index contributed by atoms with van der Waals surface area (Å²) in [6, 6.07) is 12.2. The summed E-state index contributed by atoms with van der Waals surface area (Å²) in [5.74, 6) is 0.152. The molecule has 0 aliphatic carbocycles. The molecule has 1 atom stereocenters. The number of amidine groups is 1. The van der Waals surface area contributed by atoms with Gasteiger partial charge in [-0.25, -0.2) is 4.98 Å². The molecule has 0 fully saturated rings. The summed E-state index contributed by atoms with van der Waals surface area (Å²) in [5, 5.41) is 12.9. The minimum absolute atomic E-state index is 0. The SMILES string of the molecule is CS[s+]1cc(-c2nc(-c3ccccc3)cs2)cc1C(=N)N.Cl. The number of thiophene rings is 1. The maximum absolute atomic E-state index is 7.67. The van der Waals surface area contributed by atoms with E-state index in [1.165, 1.54) is 0 Å². The molecule has 0 aliphatic rings. The second-order valence-corrected chi connectivity index (χ2v) is 8.90. The van der Waals surface area contributed by atoms with Crippen LogP contribution in [0.15, 0.2) is 47.2 Å². The van der Waals surface area contributed by atoms with Crippen LogP contribution < -0.4 is 5.73 Å². The van der Waals surface area contributed by atoms with Crippen molar-refractivity contribution in [2.75, 3.05) is 6.26 Å². The molecule has 1 unspecified atom stereocenters. The van der Waals surface area contributed by atoms with Crippen LogP contribution in [0, 0.1) is 5.41 Å². The van der Waals surface area contributed by atoms with Crippen LogP contribution in [0.3, 0.4) is 0 Å². The molecule has 0 radical (unpaired) electrons. The molecule has 0 aliphatic heterocycles. The highest BCUT2D eigenvalue weighted by atomic mass is 35.5. The molecule has 7 heteroatoms. The van der Waals surface area contributed by atoms with Crippen molar-refractivity contribution in [3.05, 3.63) is 52.0 Å². The van der Waals surface area contributed by atoms with E-state index >= 15 is 0 Å². The van der Waals surface area contributed by atoms with E-state index in [-0.39, 0.29) is 27.7 Å². The molecule has 3 nitrogen and oxygen atoms in total. The molecule has 22 heavy (non-hydrogen) atoms. The van der Waals surface area contributed by atoms with E-state index in [1.54, 1.807) is 22.1 Å². The van der Waals surface area contributed by atoms with E-state index in [4.69, 9.17) is 16.1 Å². The van der Waals surface area contributed by atoms with Crippen molar-refractivity contribution in [3.63, 3.8) is 0 Å². The highest BCUT2D eigenvalue weighted by Gasteiger charge is 2.22. The fourth-order valence-corrected chi connectivity index (χ4v) is 5.71. The van der Waals surface area contributed by atoms with E-state index in [9.17, 15) is 0 Å². The second kappa shape index (κ2) is 7.28. The first-order valence-electron chi connectivity index (χ1n) is 6.26. The number of thiazole rings is 1. The van der Waals surface area contributed by atoms with Crippen LogP contribution in [-0.2, 0) is 0 Å². The van der Waals surface area contributed by atoms with Gasteiger partial charge in [-0.05, 0) is 0 Å². The maximum atomic E-state index is 7.67. The summed E-state index contributed by atoms with van der Waals surface area (Å²) in [5.41, 5.74) is 8.85. The Kier molecular flexibility index (Phi) is 5.63. The minimum Gasteiger partial charge on any atom is -0.380 e. The maximum Gasteiger partial charge on any atom is 0.228 e. The fourth-order valence-electron chi connectivity index (χ4n) is 2.00. The molecule has 2 aromatic heterocycles. The average molecular weight is 369 g/mol. The molecule has 114 valence electrons. The third kappa shape index (κ3) is 3.35. The van der Waals surface area contributed by atoms with Crippen LogP contribution in [0.25, 0.3) is 21.8 Å². The van der Waals surface area contributed by atoms with Gasteiger partial charge in [0.05, 0.1) is 20.8 Å². The smallest absolute Gasteiger partial charge is 0.228 e. The first-order chi connectivity index (χ1) is 10.2. The van der Waals surface area contributed by atoms with Crippen molar-refractivity contribution in [2.24, 2.45) is 5.73 Å². The highest BCUT2D eigenvalue weighted by molar-refractivity contribution is 8.45. The van der Waals surface area contributed by atoms with Gasteiger partial charge in [0, 0.05) is 23.3 Å². The Morgan fingerprint density at radius 3 is 2.59 bits per heavy atom. The standard InChI is InChI=1S/C15H14N3S3.ClH/c1-19-21-9-11(7-13(21)14(16)17)15-18-12(8-20-15)10-5-3-2-4-6-10;/h2-9H,1H3,(H3,16,17);1H/q+1;. The molecule has 0 bridgehead atoms. The Balaban J connectivity index is 0.00000176. The number of halogens is 1. The zero-order valence-electron chi connectivity index (χ0n) is 11.8. The van der Waals surface area contributed by atoms with Gasteiger partial charge in [-0.1, -0.05) is 30.3 Å². The number of nitrogens with one attached hydrogen (secondary N) is 1. The van der Waals surface area contributed by atoms with Crippen LogP contribution in [0.4, 0.5) is 0 Å². The summed E-state index contributed by atoms with van der Waals surface area (Å²) in [6.45, 7) is 0. The number of hydrogen-bond donors (Lipinski definition) is 2.